The molecule has 0 spiro atoms. The summed E-state index contributed by atoms with van der Waals surface area (Å²) in [6, 6.07) is 13.7. The maximum absolute atomic E-state index is 13.2. The second kappa shape index (κ2) is 10.0. The van der Waals surface area contributed by atoms with Gasteiger partial charge in [-0.2, -0.15) is 0 Å². The van der Waals surface area contributed by atoms with Crippen molar-refractivity contribution in [3.63, 3.8) is 0 Å². The summed E-state index contributed by atoms with van der Waals surface area (Å²) in [5.74, 6) is 0.367. The first-order valence-corrected chi connectivity index (χ1v) is 8.67. The zero-order valence-corrected chi connectivity index (χ0v) is 14.9. The van der Waals surface area contributed by atoms with E-state index in [4.69, 9.17) is 11.6 Å². The summed E-state index contributed by atoms with van der Waals surface area (Å²) in [7, 11) is 0. The third-order valence-electron chi connectivity index (χ3n) is 3.63. The van der Waals surface area contributed by atoms with E-state index in [9.17, 15) is 9.50 Å². The number of hydrogen-bond donors (Lipinski definition) is 3. The SMILES string of the molecule is CCNC(=NCC(O)c1ccccc1Cl)NCCc1cccc(F)c1. The second-order valence-corrected chi connectivity index (χ2v) is 5.97. The molecule has 1 atom stereocenters. The predicted molar refractivity (Wildman–Crippen MR) is 100 cm³/mol. The van der Waals surface area contributed by atoms with Gasteiger partial charge in [-0.15, -0.1) is 0 Å². The van der Waals surface area contributed by atoms with Crippen molar-refractivity contribution in [1.29, 1.82) is 0 Å². The van der Waals surface area contributed by atoms with Gasteiger partial charge in [-0.05, 0) is 37.1 Å². The van der Waals surface area contributed by atoms with Crippen molar-refractivity contribution >= 4 is 17.6 Å². The summed E-state index contributed by atoms with van der Waals surface area (Å²) < 4.78 is 13.2. The molecular weight excluding hydrogens is 341 g/mol. The molecule has 2 rings (SSSR count). The van der Waals surface area contributed by atoms with Crippen LogP contribution in [-0.2, 0) is 6.42 Å². The molecule has 0 amide bonds. The van der Waals surface area contributed by atoms with Gasteiger partial charge in [0.25, 0.3) is 0 Å². The Kier molecular flexibility index (Phi) is 7.70. The Morgan fingerprint density at radius 3 is 2.72 bits per heavy atom. The number of aliphatic imine (C=N–C) groups is 1. The number of nitrogens with zero attached hydrogens (tertiary/aromatic N) is 1. The van der Waals surface area contributed by atoms with Crippen LogP contribution in [0.4, 0.5) is 4.39 Å². The lowest BCUT2D eigenvalue weighted by molar-refractivity contribution is 0.187. The van der Waals surface area contributed by atoms with Gasteiger partial charge in [0, 0.05) is 23.7 Å². The molecule has 0 bridgehead atoms. The Balaban J connectivity index is 1.90. The summed E-state index contributed by atoms with van der Waals surface area (Å²) in [5, 5.41) is 17.1. The molecule has 0 aromatic heterocycles. The van der Waals surface area contributed by atoms with Gasteiger partial charge in [-0.25, -0.2) is 4.39 Å². The normalized spacial score (nSPS) is 12.7. The lowest BCUT2D eigenvalue weighted by Gasteiger charge is -2.14. The Bertz CT molecular complexity index is 709. The fourth-order valence-corrected chi connectivity index (χ4v) is 2.64. The summed E-state index contributed by atoms with van der Waals surface area (Å²) in [5.41, 5.74) is 1.57. The van der Waals surface area contributed by atoms with Crippen molar-refractivity contribution in [3.05, 3.63) is 70.5 Å². The van der Waals surface area contributed by atoms with Crippen molar-refractivity contribution < 1.29 is 9.50 Å². The van der Waals surface area contributed by atoms with E-state index in [2.05, 4.69) is 15.6 Å². The number of aliphatic hydroxyl groups excluding tert-OH is 1. The molecule has 0 saturated heterocycles. The molecule has 2 aromatic carbocycles. The molecule has 3 N–H and O–H groups in total. The number of halogens is 2. The van der Waals surface area contributed by atoms with Gasteiger partial charge in [0.1, 0.15) is 11.9 Å². The molecule has 0 aliphatic heterocycles. The number of benzene rings is 2. The highest BCUT2D eigenvalue weighted by atomic mass is 35.5. The Labute approximate surface area is 152 Å². The maximum Gasteiger partial charge on any atom is 0.191 e. The second-order valence-electron chi connectivity index (χ2n) is 5.56. The van der Waals surface area contributed by atoms with E-state index >= 15 is 0 Å². The highest BCUT2D eigenvalue weighted by molar-refractivity contribution is 6.31. The monoisotopic (exact) mass is 363 g/mol. The first-order chi connectivity index (χ1) is 12.1. The third-order valence-corrected chi connectivity index (χ3v) is 3.97. The lowest BCUT2D eigenvalue weighted by atomic mass is 10.1. The fraction of sp³-hybridized carbons (Fsp3) is 0.316. The zero-order chi connectivity index (χ0) is 18.1. The molecule has 1 unspecified atom stereocenters. The first kappa shape index (κ1) is 19.2. The minimum Gasteiger partial charge on any atom is -0.386 e. The van der Waals surface area contributed by atoms with Crippen LogP contribution in [0, 0.1) is 5.82 Å². The molecule has 2 aromatic rings. The van der Waals surface area contributed by atoms with Crippen molar-refractivity contribution in [2.24, 2.45) is 4.99 Å². The highest BCUT2D eigenvalue weighted by Crippen LogP contribution is 2.22. The Morgan fingerprint density at radius 2 is 2.00 bits per heavy atom. The smallest absolute Gasteiger partial charge is 0.191 e. The molecule has 0 aliphatic carbocycles. The van der Waals surface area contributed by atoms with Gasteiger partial charge in [-0.1, -0.05) is 41.9 Å². The average Bonchev–Trinajstić information content (AvgIpc) is 2.60. The molecule has 6 heteroatoms. The van der Waals surface area contributed by atoms with Crippen LogP contribution in [-0.4, -0.2) is 30.7 Å². The first-order valence-electron chi connectivity index (χ1n) is 8.29. The van der Waals surface area contributed by atoms with Gasteiger partial charge < -0.3 is 15.7 Å². The van der Waals surface area contributed by atoms with E-state index in [0.29, 0.717) is 36.1 Å². The van der Waals surface area contributed by atoms with Crippen molar-refractivity contribution in [2.75, 3.05) is 19.6 Å². The molecule has 4 nitrogen and oxygen atoms in total. The van der Waals surface area contributed by atoms with E-state index in [1.807, 2.05) is 25.1 Å². The van der Waals surface area contributed by atoms with Crippen LogP contribution in [0.2, 0.25) is 5.02 Å². The molecule has 0 heterocycles. The van der Waals surface area contributed by atoms with E-state index in [1.165, 1.54) is 12.1 Å². The van der Waals surface area contributed by atoms with Crippen LogP contribution >= 0.6 is 11.6 Å². The summed E-state index contributed by atoms with van der Waals surface area (Å²) in [6.07, 6.45) is -0.0951. The van der Waals surface area contributed by atoms with Crippen molar-refractivity contribution in [2.45, 2.75) is 19.4 Å². The third kappa shape index (κ3) is 6.36. The standard InChI is InChI=1S/C19H23ClFN3O/c1-2-22-19(23-11-10-14-6-5-7-15(21)12-14)24-13-18(25)16-8-3-4-9-17(16)20/h3-9,12,18,25H,2,10-11,13H2,1H3,(H2,22,23,24). The fourth-order valence-electron chi connectivity index (χ4n) is 2.38. The molecule has 0 aliphatic rings. The van der Waals surface area contributed by atoms with Crippen LogP contribution in [0.25, 0.3) is 0 Å². The average molecular weight is 364 g/mol. The lowest BCUT2D eigenvalue weighted by Crippen LogP contribution is -2.38. The molecule has 134 valence electrons. The molecule has 0 radical (unpaired) electrons. The number of hydrogen-bond acceptors (Lipinski definition) is 2. The van der Waals surface area contributed by atoms with Gasteiger partial charge in [0.15, 0.2) is 5.96 Å². The zero-order valence-electron chi connectivity index (χ0n) is 14.2. The molecule has 0 saturated carbocycles. The van der Waals surface area contributed by atoms with E-state index < -0.39 is 6.10 Å². The minimum absolute atomic E-state index is 0.193. The summed E-state index contributed by atoms with van der Waals surface area (Å²) in [6.45, 7) is 3.47. The van der Waals surface area contributed by atoms with Crippen LogP contribution in [0.15, 0.2) is 53.5 Å². The van der Waals surface area contributed by atoms with Gasteiger partial charge >= 0.3 is 0 Å². The van der Waals surface area contributed by atoms with Crippen LogP contribution < -0.4 is 10.6 Å². The quantitative estimate of drug-likeness (QED) is 0.522. The largest absolute Gasteiger partial charge is 0.386 e. The van der Waals surface area contributed by atoms with Crippen LogP contribution in [0.3, 0.4) is 0 Å². The van der Waals surface area contributed by atoms with Gasteiger partial charge in [0.05, 0.1) is 6.54 Å². The highest BCUT2D eigenvalue weighted by Gasteiger charge is 2.10. The van der Waals surface area contributed by atoms with Crippen LogP contribution in [0.5, 0.6) is 0 Å². The number of guanidine groups is 1. The predicted octanol–water partition coefficient (Wildman–Crippen LogP) is 3.31. The summed E-state index contributed by atoms with van der Waals surface area (Å²) in [4.78, 5) is 4.39. The number of nitrogens with one attached hydrogen (secondary N) is 2. The van der Waals surface area contributed by atoms with E-state index in [0.717, 1.165) is 5.56 Å². The molecule has 25 heavy (non-hydrogen) atoms. The van der Waals surface area contributed by atoms with Gasteiger partial charge in [-0.3, -0.25) is 4.99 Å². The van der Waals surface area contributed by atoms with Crippen LogP contribution in [0.1, 0.15) is 24.2 Å². The van der Waals surface area contributed by atoms with Gasteiger partial charge in [0.2, 0.25) is 0 Å². The number of rotatable bonds is 7. The maximum atomic E-state index is 13.2. The molecule has 0 fully saturated rings. The number of aliphatic hydroxyl groups is 1. The Morgan fingerprint density at radius 1 is 1.20 bits per heavy atom. The van der Waals surface area contributed by atoms with Crippen molar-refractivity contribution in [3.8, 4) is 0 Å². The molecular formula is C19H23ClFN3O. The Hall–Kier alpha value is -2.11. The topological polar surface area (TPSA) is 56.7 Å². The van der Waals surface area contributed by atoms with E-state index in [-0.39, 0.29) is 12.4 Å². The summed E-state index contributed by atoms with van der Waals surface area (Å²) >= 11 is 6.09. The van der Waals surface area contributed by atoms with Crippen molar-refractivity contribution in [1.82, 2.24) is 10.6 Å². The minimum atomic E-state index is -0.771. The van der Waals surface area contributed by atoms with E-state index in [1.54, 1.807) is 18.2 Å².